The van der Waals surface area contributed by atoms with Crippen LogP contribution in [0.3, 0.4) is 0 Å². The molecule has 2 rings (SSSR count). The highest BCUT2D eigenvalue weighted by atomic mass is 35.5. The Morgan fingerprint density at radius 2 is 1.92 bits per heavy atom. The number of nitrogen functional groups attached to an aromatic ring is 1. The first kappa shape index (κ1) is 18.4. The number of nitrogens with two attached hydrogens (primary N) is 1. The average molecular weight is 355 g/mol. The van der Waals surface area contributed by atoms with Gasteiger partial charge in [-0.1, -0.05) is 23.7 Å². The van der Waals surface area contributed by atoms with E-state index in [0.29, 0.717) is 49.4 Å². The Morgan fingerprint density at radius 1 is 1.21 bits per heavy atom. The topological polar surface area (TPSA) is 83.4 Å². The number of methoxy groups -OCH3 is 1. The second-order valence-corrected chi connectivity index (χ2v) is 5.73. The fraction of sp³-hybridized carbons (Fsp3) is 0.438. The van der Waals surface area contributed by atoms with Gasteiger partial charge in [-0.25, -0.2) is 4.68 Å². The summed E-state index contributed by atoms with van der Waals surface area (Å²) in [6.45, 7) is 2.35. The Morgan fingerprint density at radius 3 is 2.58 bits per heavy atom. The second-order valence-electron chi connectivity index (χ2n) is 5.30. The molecule has 0 saturated heterocycles. The van der Waals surface area contributed by atoms with Crippen molar-refractivity contribution >= 4 is 23.1 Å². The summed E-state index contributed by atoms with van der Waals surface area (Å²) in [6.07, 6.45) is 0. The lowest BCUT2D eigenvalue weighted by atomic mass is 10.2. The number of rotatable bonds is 9. The van der Waals surface area contributed by atoms with Gasteiger partial charge in [0.1, 0.15) is 11.5 Å². The van der Waals surface area contributed by atoms with Gasteiger partial charge in [-0.3, -0.25) is 9.48 Å². The Hall–Kier alpha value is -1.96. The predicted molar refractivity (Wildman–Crippen MR) is 95.6 cm³/mol. The van der Waals surface area contributed by atoms with Crippen LogP contribution in [0.1, 0.15) is 5.56 Å². The van der Waals surface area contributed by atoms with Crippen LogP contribution >= 0.6 is 11.6 Å². The second kappa shape index (κ2) is 8.77. The molecule has 3 N–H and O–H groups in total. The molecule has 1 aromatic heterocycles. The summed E-state index contributed by atoms with van der Waals surface area (Å²) in [4.78, 5) is 12.5. The average Bonchev–Trinajstić information content (AvgIpc) is 2.77. The Bertz CT molecular complexity index is 709. The molecule has 0 atom stereocenters. The van der Waals surface area contributed by atoms with Crippen LogP contribution < -0.4 is 16.6 Å². The van der Waals surface area contributed by atoms with Crippen molar-refractivity contribution in [3.8, 4) is 0 Å². The van der Waals surface area contributed by atoms with Crippen LogP contribution in [0, 0.1) is 0 Å². The van der Waals surface area contributed by atoms with Crippen molar-refractivity contribution in [2.24, 2.45) is 7.05 Å². The van der Waals surface area contributed by atoms with Crippen LogP contribution in [0.5, 0.6) is 0 Å². The van der Waals surface area contributed by atoms with Crippen LogP contribution in [0.15, 0.2) is 29.1 Å². The summed E-state index contributed by atoms with van der Waals surface area (Å²) in [6, 6.07) is 7.42. The van der Waals surface area contributed by atoms with Gasteiger partial charge in [0, 0.05) is 25.7 Å². The maximum atomic E-state index is 12.5. The summed E-state index contributed by atoms with van der Waals surface area (Å²) >= 11 is 5.87. The first-order valence-corrected chi connectivity index (χ1v) is 8.02. The summed E-state index contributed by atoms with van der Waals surface area (Å²) < 4.78 is 13.5. The van der Waals surface area contributed by atoms with E-state index >= 15 is 0 Å². The first-order chi connectivity index (χ1) is 11.5. The smallest absolute Gasteiger partial charge is 0.292 e. The standard InChI is InChI=1S/C16H23ClN4O3/c1-20-15(18)14(19-11-12-3-5-13(17)6-4-12)16(22)21(20)7-8-24-10-9-23-2/h3-6,19H,7-11,18H2,1-2H3. The fourth-order valence-corrected chi connectivity index (χ4v) is 2.40. The highest BCUT2D eigenvalue weighted by Crippen LogP contribution is 2.15. The van der Waals surface area contributed by atoms with Crippen LogP contribution in [0.4, 0.5) is 11.5 Å². The van der Waals surface area contributed by atoms with Gasteiger partial charge in [-0.15, -0.1) is 0 Å². The third-order valence-corrected chi connectivity index (χ3v) is 3.93. The van der Waals surface area contributed by atoms with E-state index in [-0.39, 0.29) is 5.56 Å². The maximum absolute atomic E-state index is 12.5. The molecule has 0 aliphatic carbocycles. The van der Waals surface area contributed by atoms with E-state index in [1.54, 1.807) is 23.5 Å². The maximum Gasteiger partial charge on any atom is 0.292 e. The largest absolute Gasteiger partial charge is 0.382 e. The highest BCUT2D eigenvalue weighted by molar-refractivity contribution is 6.30. The summed E-state index contributed by atoms with van der Waals surface area (Å²) in [5.41, 5.74) is 7.28. The molecular formula is C16H23ClN4O3. The highest BCUT2D eigenvalue weighted by Gasteiger charge is 2.15. The molecule has 0 radical (unpaired) electrons. The molecule has 24 heavy (non-hydrogen) atoms. The Kier molecular flexibility index (Phi) is 6.72. The molecule has 7 nitrogen and oxygen atoms in total. The van der Waals surface area contributed by atoms with Crippen LogP contribution in [-0.2, 0) is 29.6 Å². The zero-order valence-electron chi connectivity index (χ0n) is 13.9. The zero-order chi connectivity index (χ0) is 17.5. The fourth-order valence-electron chi connectivity index (χ4n) is 2.27. The van der Waals surface area contributed by atoms with Crippen molar-refractivity contribution in [3.63, 3.8) is 0 Å². The molecule has 0 bridgehead atoms. The van der Waals surface area contributed by atoms with Gasteiger partial charge >= 0.3 is 0 Å². The molecule has 0 fully saturated rings. The minimum atomic E-state index is -0.167. The number of nitrogens with one attached hydrogen (secondary N) is 1. The molecule has 0 aliphatic heterocycles. The van der Waals surface area contributed by atoms with Gasteiger partial charge < -0.3 is 20.5 Å². The van der Waals surface area contributed by atoms with Crippen molar-refractivity contribution in [2.75, 3.05) is 38.0 Å². The predicted octanol–water partition coefficient (Wildman–Crippen LogP) is 1.70. The third-order valence-electron chi connectivity index (χ3n) is 3.68. The van der Waals surface area contributed by atoms with Crippen molar-refractivity contribution in [2.45, 2.75) is 13.1 Å². The quantitative estimate of drug-likeness (QED) is 0.670. The molecule has 132 valence electrons. The van der Waals surface area contributed by atoms with E-state index in [2.05, 4.69) is 5.32 Å². The van der Waals surface area contributed by atoms with Gasteiger partial charge in [-0.05, 0) is 17.7 Å². The van der Waals surface area contributed by atoms with Crippen molar-refractivity contribution in [1.82, 2.24) is 9.36 Å². The van der Waals surface area contributed by atoms with Crippen molar-refractivity contribution < 1.29 is 9.47 Å². The lowest BCUT2D eigenvalue weighted by Crippen LogP contribution is -2.25. The zero-order valence-corrected chi connectivity index (χ0v) is 14.7. The van der Waals surface area contributed by atoms with Crippen LogP contribution in [0.25, 0.3) is 0 Å². The molecule has 1 heterocycles. The lowest BCUT2D eigenvalue weighted by molar-refractivity contribution is 0.0639. The number of halogens is 1. The van der Waals surface area contributed by atoms with E-state index in [4.69, 9.17) is 26.8 Å². The molecule has 0 aliphatic rings. The van der Waals surface area contributed by atoms with Gasteiger partial charge in [-0.2, -0.15) is 0 Å². The Labute approximate surface area is 145 Å². The van der Waals surface area contributed by atoms with Crippen LogP contribution in [-0.4, -0.2) is 36.3 Å². The summed E-state index contributed by atoms with van der Waals surface area (Å²) in [5.74, 6) is 0.394. The van der Waals surface area contributed by atoms with E-state index in [9.17, 15) is 4.79 Å². The minimum Gasteiger partial charge on any atom is -0.382 e. The Balaban J connectivity index is 2.01. The molecule has 0 unspecified atom stereocenters. The molecule has 0 amide bonds. The van der Waals surface area contributed by atoms with E-state index in [1.807, 2.05) is 24.3 Å². The van der Waals surface area contributed by atoms with Gasteiger partial charge in [0.25, 0.3) is 5.56 Å². The SMILES string of the molecule is COCCOCCn1c(=O)c(NCc2ccc(Cl)cc2)c(N)n1C. The first-order valence-electron chi connectivity index (χ1n) is 7.65. The molecule has 8 heteroatoms. The number of nitrogens with zero attached hydrogens (tertiary/aromatic N) is 2. The molecular weight excluding hydrogens is 332 g/mol. The third kappa shape index (κ3) is 4.53. The number of ether oxygens (including phenoxy) is 2. The normalized spacial score (nSPS) is 11.0. The number of anilines is 2. The molecule has 2 aromatic rings. The van der Waals surface area contributed by atoms with Crippen molar-refractivity contribution in [1.29, 1.82) is 0 Å². The number of hydrogen-bond donors (Lipinski definition) is 2. The number of benzene rings is 1. The van der Waals surface area contributed by atoms with E-state index < -0.39 is 0 Å². The van der Waals surface area contributed by atoms with E-state index in [1.165, 1.54) is 0 Å². The monoisotopic (exact) mass is 354 g/mol. The van der Waals surface area contributed by atoms with E-state index in [0.717, 1.165) is 5.56 Å². The lowest BCUT2D eigenvalue weighted by Gasteiger charge is -2.08. The molecule has 0 spiro atoms. The summed E-state index contributed by atoms with van der Waals surface area (Å²) in [5, 5.41) is 3.78. The van der Waals surface area contributed by atoms with Crippen molar-refractivity contribution in [3.05, 3.63) is 45.2 Å². The number of aromatic nitrogens is 2. The minimum absolute atomic E-state index is 0.167. The molecule has 1 aromatic carbocycles. The number of hydrogen-bond acceptors (Lipinski definition) is 5. The molecule has 0 saturated carbocycles. The van der Waals surface area contributed by atoms with Crippen LogP contribution in [0.2, 0.25) is 5.02 Å². The van der Waals surface area contributed by atoms with Gasteiger partial charge in [0.05, 0.1) is 26.4 Å². The van der Waals surface area contributed by atoms with Gasteiger partial charge in [0.15, 0.2) is 0 Å². The van der Waals surface area contributed by atoms with Gasteiger partial charge in [0.2, 0.25) is 0 Å². The summed E-state index contributed by atoms with van der Waals surface area (Å²) in [7, 11) is 3.36.